The zero-order valence-corrected chi connectivity index (χ0v) is 8.40. The van der Waals surface area contributed by atoms with Gasteiger partial charge in [0.05, 0.1) is 6.26 Å². The van der Waals surface area contributed by atoms with Crippen molar-refractivity contribution in [1.29, 1.82) is 0 Å². The van der Waals surface area contributed by atoms with Gasteiger partial charge in [-0.3, -0.25) is 9.59 Å². The SMILES string of the molecule is O=C(O)CN(CC(F)(F)F)C(=O)c1ccco1. The smallest absolute Gasteiger partial charge is 0.406 e. The van der Waals surface area contributed by atoms with Gasteiger partial charge in [-0.1, -0.05) is 0 Å². The molecule has 1 rings (SSSR count). The molecular formula is C9H8F3NO4. The Bertz CT molecular complexity index is 399. The van der Waals surface area contributed by atoms with Crippen molar-refractivity contribution in [3.8, 4) is 0 Å². The van der Waals surface area contributed by atoms with Crippen LogP contribution in [0.1, 0.15) is 10.6 Å². The highest BCUT2D eigenvalue weighted by molar-refractivity contribution is 5.93. The third kappa shape index (κ3) is 4.17. The van der Waals surface area contributed by atoms with Crippen molar-refractivity contribution in [1.82, 2.24) is 4.90 Å². The summed E-state index contributed by atoms with van der Waals surface area (Å²) in [6.07, 6.45) is -3.56. The van der Waals surface area contributed by atoms with Gasteiger partial charge in [-0.15, -0.1) is 0 Å². The van der Waals surface area contributed by atoms with Gasteiger partial charge < -0.3 is 14.4 Å². The zero-order chi connectivity index (χ0) is 13.1. The van der Waals surface area contributed by atoms with Gasteiger partial charge >= 0.3 is 12.1 Å². The molecule has 5 nitrogen and oxygen atoms in total. The summed E-state index contributed by atoms with van der Waals surface area (Å²) >= 11 is 0. The summed E-state index contributed by atoms with van der Waals surface area (Å²) in [5.41, 5.74) is 0. The minimum absolute atomic E-state index is 0.154. The van der Waals surface area contributed by atoms with E-state index >= 15 is 0 Å². The maximum atomic E-state index is 12.1. The van der Waals surface area contributed by atoms with Gasteiger partial charge in [0, 0.05) is 0 Å². The molecule has 1 aromatic rings. The lowest BCUT2D eigenvalue weighted by Gasteiger charge is -2.20. The van der Waals surface area contributed by atoms with Crippen LogP contribution in [0.15, 0.2) is 22.8 Å². The largest absolute Gasteiger partial charge is 0.480 e. The number of furan rings is 1. The van der Waals surface area contributed by atoms with Gasteiger partial charge in [0.15, 0.2) is 5.76 Å². The fourth-order valence-corrected chi connectivity index (χ4v) is 1.14. The topological polar surface area (TPSA) is 70.8 Å². The maximum absolute atomic E-state index is 12.1. The van der Waals surface area contributed by atoms with E-state index in [9.17, 15) is 22.8 Å². The number of hydrogen-bond donors (Lipinski definition) is 1. The number of aliphatic carboxylic acids is 1. The Labute approximate surface area is 93.4 Å². The first-order chi connectivity index (χ1) is 7.79. The molecule has 94 valence electrons. The Morgan fingerprint density at radius 1 is 1.41 bits per heavy atom. The highest BCUT2D eigenvalue weighted by Gasteiger charge is 2.35. The van der Waals surface area contributed by atoms with Crippen molar-refractivity contribution in [2.75, 3.05) is 13.1 Å². The third-order valence-electron chi connectivity index (χ3n) is 1.72. The molecule has 0 saturated heterocycles. The molecule has 1 amide bonds. The van der Waals surface area contributed by atoms with Gasteiger partial charge in [-0.25, -0.2) is 0 Å². The molecule has 0 fully saturated rings. The minimum Gasteiger partial charge on any atom is -0.480 e. The van der Waals surface area contributed by atoms with Crippen molar-refractivity contribution in [3.05, 3.63) is 24.2 Å². The normalized spacial score (nSPS) is 11.2. The Morgan fingerprint density at radius 2 is 2.06 bits per heavy atom. The lowest BCUT2D eigenvalue weighted by molar-refractivity contribution is -0.149. The van der Waals surface area contributed by atoms with Crippen LogP contribution >= 0.6 is 0 Å². The molecule has 0 aliphatic rings. The molecule has 1 aromatic heterocycles. The lowest BCUT2D eigenvalue weighted by atomic mass is 10.3. The van der Waals surface area contributed by atoms with Gasteiger partial charge in [0.2, 0.25) is 0 Å². The summed E-state index contributed by atoms with van der Waals surface area (Å²) < 4.78 is 41.0. The van der Waals surface area contributed by atoms with Crippen molar-refractivity contribution in [2.24, 2.45) is 0 Å². The van der Waals surface area contributed by atoms with Crippen molar-refractivity contribution in [3.63, 3.8) is 0 Å². The van der Waals surface area contributed by atoms with Crippen LogP contribution < -0.4 is 0 Å². The van der Waals surface area contributed by atoms with E-state index in [1.165, 1.54) is 6.07 Å². The van der Waals surface area contributed by atoms with Crippen molar-refractivity contribution < 1.29 is 32.3 Å². The summed E-state index contributed by atoms with van der Waals surface area (Å²) in [5, 5.41) is 8.44. The first-order valence-corrected chi connectivity index (χ1v) is 4.41. The van der Waals surface area contributed by atoms with E-state index in [-0.39, 0.29) is 10.7 Å². The second kappa shape index (κ2) is 4.89. The molecule has 8 heteroatoms. The molecule has 0 spiro atoms. The number of carbonyl (C=O) groups excluding carboxylic acids is 1. The summed E-state index contributed by atoms with van der Waals surface area (Å²) in [4.78, 5) is 22.0. The van der Waals surface area contributed by atoms with E-state index in [2.05, 4.69) is 4.42 Å². The second-order valence-corrected chi connectivity index (χ2v) is 3.15. The van der Waals surface area contributed by atoms with E-state index in [1.54, 1.807) is 0 Å². The maximum Gasteiger partial charge on any atom is 0.406 e. The van der Waals surface area contributed by atoms with E-state index in [4.69, 9.17) is 5.11 Å². The molecule has 0 radical (unpaired) electrons. The number of carbonyl (C=O) groups is 2. The third-order valence-corrected chi connectivity index (χ3v) is 1.72. The van der Waals surface area contributed by atoms with Crippen molar-refractivity contribution >= 4 is 11.9 Å². The number of hydrogen-bond acceptors (Lipinski definition) is 3. The number of carboxylic acid groups (broad SMARTS) is 1. The average molecular weight is 251 g/mol. The predicted molar refractivity (Wildman–Crippen MR) is 48.3 cm³/mol. The fraction of sp³-hybridized carbons (Fsp3) is 0.333. The number of nitrogens with zero attached hydrogens (tertiary/aromatic N) is 1. The van der Waals surface area contributed by atoms with Crippen LogP contribution in [0.4, 0.5) is 13.2 Å². The van der Waals surface area contributed by atoms with Gasteiger partial charge in [0.1, 0.15) is 13.1 Å². The standard InChI is InChI=1S/C9H8F3NO4/c10-9(11,12)5-13(4-7(14)15)8(16)6-2-1-3-17-6/h1-3H,4-5H2,(H,14,15). The van der Waals surface area contributed by atoms with Crippen LogP contribution in [-0.2, 0) is 4.79 Å². The molecule has 17 heavy (non-hydrogen) atoms. The van der Waals surface area contributed by atoms with E-state index in [0.29, 0.717) is 0 Å². The van der Waals surface area contributed by atoms with Gasteiger partial charge in [-0.05, 0) is 12.1 Å². The van der Waals surface area contributed by atoms with Crippen LogP contribution in [0.2, 0.25) is 0 Å². The molecule has 1 heterocycles. The first-order valence-electron chi connectivity index (χ1n) is 4.41. The Morgan fingerprint density at radius 3 is 2.47 bits per heavy atom. The molecule has 0 atom stereocenters. The number of alkyl halides is 3. The lowest BCUT2D eigenvalue weighted by Crippen LogP contribution is -2.41. The van der Waals surface area contributed by atoms with Crippen molar-refractivity contribution in [2.45, 2.75) is 6.18 Å². The molecule has 0 aromatic carbocycles. The molecule has 0 bridgehead atoms. The predicted octanol–water partition coefficient (Wildman–Crippen LogP) is 1.37. The van der Waals surface area contributed by atoms with Gasteiger partial charge in [0.25, 0.3) is 5.91 Å². The summed E-state index contributed by atoms with van der Waals surface area (Å²) in [6, 6.07) is 2.48. The number of halogens is 3. The highest BCUT2D eigenvalue weighted by Crippen LogP contribution is 2.18. The first kappa shape index (κ1) is 13.1. The Hall–Kier alpha value is -1.99. The number of carboxylic acids is 1. The van der Waals surface area contributed by atoms with E-state index in [1.807, 2.05) is 0 Å². The van der Waals surface area contributed by atoms with Crippen LogP contribution in [0.5, 0.6) is 0 Å². The van der Waals surface area contributed by atoms with Crippen LogP contribution in [0, 0.1) is 0 Å². The average Bonchev–Trinajstić information content (AvgIpc) is 2.65. The Balaban J connectivity index is 2.83. The van der Waals surface area contributed by atoms with E-state index in [0.717, 1.165) is 12.3 Å². The molecule has 0 saturated carbocycles. The van der Waals surface area contributed by atoms with Gasteiger partial charge in [-0.2, -0.15) is 13.2 Å². The summed E-state index contributed by atoms with van der Waals surface area (Å²) in [6.45, 7) is -2.68. The second-order valence-electron chi connectivity index (χ2n) is 3.15. The van der Waals surface area contributed by atoms with Crippen LogP contribution in [-0.4, -0.2) is 41.1 Å². The Kier molecular flexibility index (Phi) is 3.77. The monoisotopic (exact) mass is 251 g/mol. The molecule has 0 aliphatic carbocycles. The highest BCUT2D eigenvalue weighted by atomic mass is 19.4. The zero-order valence-electron chi connectivity index (χ0n) is 8.40. The number of rotatable bonds is 4. The summed E-state index contributed by atoms with van der Waals surface area (Å²) in [5.74, 6) is -2.99. The van der Waals surface area contributed by atoms with Crippen LogP contribution in [0.3, 0.4) is 0 Å². The number of amides is 1. The fourth-order valence-electron chi connectivity index (χ4n) is 1.14. The molecular weight excluding hydrogens is 243 g/mol. The molecule has 0 aliphatic heterocycles. The molecule has 1 N–H and O–H groups in total. The van der Waals surface area contributed by atoms with E-state index < -0.39 is 31.1 Å². The minimum atomic E-state index is -4.67. The molecule has 0 unspecified atom stereocenters. The summed E-state index contributed by atoms with van der Waals surface area (Å²) in [7, 11) is 0. The quantitative estimate of drug-likeness (QED) is 0.877. The van der Waals surface area contributed by atoms with Crippen LogP contribution in [0.25, 0.3) is 0 Å².